The van der Waals surface area contributed by atoms with Gasteiger partial charge in [-0.3, -0.25) is 0 Å². The summed E-state index contributed by atoms with van der Waals surface area (Å²) >= 11 is -4.17. The molecule has 0 aliphatic heterocycles. The second-order valence-electron chi connectivity index (χ2n) is 19.0. The van der Waals surface area contributed by atoms with E-state index in [4.69, 9.17) is 6.15 Å². The first-order chi connectivity index (χ1) is 26.2. The first-order valence-electron chi connectivity index (χ1n) is 23.5. The molecular formula is C48H74O2SSn2. The van der Waals surface area contributed by atoms with Gasteiger partial charge in [0.05, 0.1) is 0 Å². The van der Waals surface area contributed by atoms with Gasteiger partial charge in [-0.25, -0.2) is 0 Å². The molecule has 6 fully saturated rings. The molecule has 6 aliphatic carbocycles. The molecule has 2 nitrogen and oxygen atoms in total. The molecule has 8 rings (SSSR count). The van der Waals surface area contributed by atoms with Crippen molar-refractivity contribution in [3.63, 3.8) is 0 Å². The van der Waals surface area contributed by atoms with Gasteiger partial charge in [0.1, 0.15) is 0 Å². The van der Waals surface area contributed by atoms with Crippen LogP contribution in [0.2, 0.25) is 23.6 Å². The molecule has 292 valence electrons. The van der Waals surface area contributed by atoms with Crippen LogP contribution in [0.1, 0.15) is 193 Å². The molecule has 0 bridgehead atoms. The molecule has 0 unspecified atom stereocenters. The zero-order valence-corrected chi connectivity index (χ0v) is 40.0. The summed E-state index contributed by atoms with van der Waals surface area (Å²) in [6.07, 6.45) is 43.9. The maximum atomic E-state index is 7.83. The molecule has 2 aromatic rings. The maximum absolute atomic E-state index is 7.83. The molecule has 5 heteroatoms. The topological polar surface area (TPSA) is 18.5 Å². The Morgan fingerprint density at radius 3 is 0.717 bits per heavy atom. The average Bonchev–Trinajstić information content (AvgIpc) is 3.25. The third-order valence-electron chi connectivity index (χ3n) is 15.9. The van der Waals surface area contributed by atoms with Crippen LogP contribution in [0.3, 0.4) is 0 Å². The van der Waals surface area contributed by atoms with E-state index < -0.39 is 37.6 Å². The van der Waals surface area contributed by atoms with Crippen LogP contribution in [0.25, 0.3) is 0 Å². The van der Waals surface area contributed by atoms with Crippen molar-refractivity contribution in [2.24, 2.45) is 0 Å². The van der Waals surface area contributed by atoms with E-state index in [1.165, 1.54) is 214 Å². The number of rotatable bonds is 12. The first-order valence-corrected chi connectivity index (χ1v) is 36.5. The van der Waals surface area contributed by atoms with Gasteiger partial charge >= 0.3 is 342 Å². The van der Waals surface area contributed by atoms with Gasteiger partial charge in [0.2, 0.25) is 0 Å². The van der Waals surface area contributed by atoms with Crippen molar-refractivity contribution in [3.8, 4) is 11.5 Å². The standard InChI is InChI=1S/C12H10O2S.6C6H11.2Sn/c13-9-1-5-11(6-2-9)15-12-7-3-10(14)4-8-12;6*1-2-4-6-5-3-1;;/h1-8,13-14H;6*1H,2-6H2;;/q;;;;;;;2*+1/p-2. The molecule has 0 saturated heterocycles. The normalized spacial score (nSPS) is 24.6. The van der Waals surface area contributed by atoms with Gasteiger partial charge in [-0.15, -0.1) is 0 Å². The van der Waals surface area contributed by atoms with Crippen molar-refractivity contribution in [1.82, 2.24) is 0 Å². The molecule has 0 N–H and O–H groups in total. The van der Waals surface area contributed by atoms with Crippen LogP contribution in [0.5, 0.6) is 11.5 Å². The summed E-state index contributed by atoms with van der Waals surface area (Å²) in [5.74, 6) is 2.46. The monoisotopic (exact) mass is 954 g/mol. The quantitative estimate of drug-likeness (QED) is 0.198. The Balaban J connectivity index is 0.996. The Morgan fingerprint density at radius 2 is 0.509 bits per heavy atom. The molecular weight excluding hydrogens is 878 g/mol. The molecule has 0 atom stereocenters. The van der Waals surface area contributed by atoms with E-state index >= 15 is 0 Å². The van der Waals surface area contributed by atoms with E-state index in [1.807, 2.05) is 11.8 Å². The second-order valence-corrected chi connectivity index (χ2v) is 45.0. The van der Waals surface area contributed by atoms with E-state index in [2.05, 4.69) is 48.5 Å². The van der Waals surface area contributed by atoms with Crippen LogP contribution >= 0.6 is 11.8 Å². The summed E-state index contributed by atoms with van der Waals surface area (Å²) in [4.78, 5) is 2.69. The predicted molar refractivity (Wildman–Crippen MR) is 231 cm³/mol. The van der Waals surface area contributed by atoms with Crippen molar-refractivity contribution in [1.29, 1.82) is 0 Å². The fourth-order valence-corrected chi connectivity index (χ4v) is 54.2. The van der Waals surface area contributed by atoms with Gasteiger partial charge in [0, 0.05) is 0 Å². The molecule has 0 aromatic heterocycles. The van der Waals surface area contributed by atoms with Crippen LogP contribution in [-0.2, 0) is 0 Å². The Labute approximate surface area is 338 Å². The van der Waals surface area contributed by atoms with Crippen LogP contribution in [0, 0.1) is 0 Å². The summed E-state index contributed by atoms with van der Waals surface area (Å²) in [7, 11) is 0. The minimum absolute atomic E-state index is 0.941. The van der Waals surface area contributed by atoms with E-state index in [9.17, 15) is 0 Å². The second kappa shape index (κ2) is 19.6. The van der Waals surface area contributed by atoms with Crippen LogP contribution < -0.4 is 6.15 Å². The van der Waals surface area contributed by atoms with Gasteiger partial charge in [-0.05, 0) is 0 Å². The Bertz CT molecular complexity index is 1160. The number of benzene rings is 2. The molecule has 6 aliphatic rings. The van der Waals surface area contributed by atoms with Crippen molar-refractivity contribution in [2.45, 2.75) is 226 Å². The average molecular weight is 953 g/mol. The molecule has 53 heavy (non-hydrogen) atoms. The third-order valence-corrected chi connectivity index (χ3v) is 52.1. The van der Waals surface area contributed by atoms with Gasteiger partial charge in [-0.1, -0.05) is 0 Å². The summed E-state index contributed by atoms with van der Waals surface area (Å²) in [6, 6.07) is 19.1. The molecule has 0 spiro atoms. The van der Waals surface area contributed by atoms with E-state index in [-0.39, 0.29) is 0 Å². The Morgan fingerprint density at radius 1 is 0.302 bits per heavy atom. The Hall–Kier alpha value is -0.0126. The zero-order chi connectivity index (χ0) is 35.8. The summed E-state index contributed by atoms with van der Waals surface area (Å²) in [5, 5.41) is 0. The van der Waals surface area contributed by atoms with E-state index in [0.29, 0.717) is 0 Å². The number of hydrogen-bond acceptors (Lipinski definition) is 3. The molecule has 2 aromatic carbocycles. The minimum atomic E-state index is -3.05. The summed E-state index contributed by atoms with van der Waals surface area (Å²) in [5.41, 5.74) is 0. The zero-order valence-electron chi connectivity index (χ0n) is 33.5. The third kappa shape index (κ3) is 9.33. The molecule has 0 radical (unpaired) electrons. The van der Waals surface area contributed by atoms with Gasteiger partial charge in [0.25, 0.3) is 0 Å². The SMILES string of the molecule is c1cc(Sc2ccc([O][Sn]([CH]3CCCCC3)([CH]3CCCCC3)[CH]3CCCCC3)cc2)ccc1[O][Sn]([CH]1CCCCC1)([CH]1CCCCC1)[CH]1CCCCC1. The molecule has 6 saturated carbocycles. The van der Waals surface area contributed by atoms with Gasteiger partial charge in [-0.2, -0.15) is 0 Å². The summed E-state index contributed by atoms with van der Waals surface area (Å²) in [6.45, 7) is 0. The first kappa shape index (κ1) is 39.8. The van der Waals surface area contributed by atoms with Crippen LogP contribution in [-0.4, -0.2) is 37.6 Å². The van der Waals surface area contributed by atoms with Crippen LogP contribution in [0.4, 0.5) is 0 Å². The summed E-state index contributed by atoms with van der Waals surface area (Å²) < 4.78 is 21.3. The van der Waals surface area contributed by atoms with E-state index in [0.717, 1.165) is 23.6 Å². The van der Waals surface area contributed by atoms with Crippen molar-refractivity contribution >= 4 is 49.3 Å². The van der Waals surface area contributed by atoms with Crippen molar-refractivity contribution < 1.29 is 6.15 Å². The fraction of sp³-hybridized carbons (Fsp3) is 0.750. The van der Waals surface area contributed by atoms with E-state index in [1.54, 1.807) is 0 Å². The molecule has 0 heterocycles. The number of hydrogen-bond donors (Lipinski definition) is 0. The van der Waals surface area contributed by atoms with Crippen molar-refractivity contribution in [2.75, 3.05) is 0 Å². The predicted octanol–water partition coefficient (Wildman–Crippen LogP) is 16.5. The van der Waals surface area contributed by atoms with Crippen LogP contribution in [0.15, 0.2) is 58.3 Å². The van der Waals surface area contributed by atoms with Gasteiger partial charge < -0.3 is 0 Å². The van der Waals surface area contributed by atoms with Crippen molar-refractivity contribution in [3.05, 3.63) is 48.5 Å². The van der Waals surface area contributed by atoms with Gasteiger partial charge in [0.15, 0.2) is 0 Å². The molecule has 0 amide bonds. The Kier molecular flexibility index (Phi) is 14.7. The fourth-order valence-electron chi connectivity index (χ4n) is 13.5.